The van der Waals surface area contributed by atoms with Gasteiger partial charge in [-0.1, -0.05) is 18.2 Å². The molecule has 1 aromatic carbocycles. The summed E-state index contributed by atoms with van der Waals surface area (Å²) in [7, 11) is -3.37. The molecule has 6 nitrogen and oxygen atoms in total. The summed E-state index contributed by atoms with van der Waals surface area (Å²) in [5.74, 6) is 0. The van der Waals surface area contributed by atoms with Gasteiger partial charge < -0.3 is 10.6 Å². The van der Waals surface area contributed by atoms with Crippen molar-refractivity contribution in [3.63, 3.8) is 0 Å². The molecule has 1 fully saturated rings. The van der Waals surface area contributed by atoms with Gasteiger partial charge in [0.15, 0.2) is 0 Å². The Labute approximate surface area is 119 Å². The minimum absolute atomic E-state index is 0.347. The second kappa shape index (κ2) is 5.79. The van der Waals surface area contributed by atoms with E-state index in [1.165, 1.54) is 15.4 Å². The largest absolute Gasteiger partial charge is 0.314 e. The van der Waals surface area contributed by atoms with Gasteiger partial charge in [0.2, 0.25) is 0 Å². The second-order valence-corrected chi connectivity index (χ2v) is 6.94. The van der Waals surface area contributed by atoms with E-state index < -0.39 is 10.2 Å². The highest BCUT2D eigenvalue weighted by Crippen LogP contribution is 2.17. The van der Waals surface area contributed by atoms with Crippen LogP contribution in [0, 0.1) is 0 Å². The average molecular weight is 296 g/mol. The molecule has 7 heteroatoms. The van der Waals surface area contributed by atoms with Crippen LogP contribution in [0.2, 0.25) is 0 Å². The monoisotopic (exact) mass is 296 g/mol. The summed E-state index contributed by atoms with van der Waals surface area (Å²) in [5, 5.41) is 6.43. The zero-order chi connectivity index (χ0) is 14.0. The van der Waals surface area contributed by atoms with Gasteiger partial charge in [0.05, 0.1) is 0 Å². The molecular formula is C13H20N4O2S. The molecule has 0 saturated carbocycles. The van der Waals surface area contributed by atoms with E-state index in [1.54, 1.807) is 0 Å². The Hall–Kier alpha value is -0.990. The zero-order valence-electron chi connectivity index (χ0n) is 11.4. The van der Waals surface area contributed by atoms with Crippen molar-refractivity contribution in [1.29, 1.82) is 0 Å². The van der Waals surface area contributed by atoms with E-state index in [4.69, 9.17) is 0 Å². The lowest BCUT2D eigenvalue weighted by Gasteiger charge is -2.26. The maximum atomic E-state index is 12.2. The Morgan fingerprint density at radius 2 is 1.85 bits per heavy atom. The van der Waals surface area contributed by atoms with Crippen LogP contribution in [0.5, 0.6) is 0 Å². The summed E-state index contributed by atoms with van der Waals surface area (Å²) in [4.78, 5) is 0. The van der Waals surface area contributed by atoms with Crippen molar-refractivity contribution >= 4 is 10.2 Å². The lowest BCUT2D eigenvalue weighted by atomic mass is 10.1. The topological polar surface area (TPSA) is 73.5 Å². The smallest absolute Gasteiger partial charge is 0.279 e. The van der Waals surface area contributed by atoms with E-state index >= 15 is 0 Å². The van der Waals surface area contributed by atoms with Gasteiger partial charge in [-0.25, -0.2) is 0 Å². The minimum atomic E-state index is -3.37. The number of nitrogens with zero attached hydrogens (tertiary/aromatic N) is 1. The Balaban J connectivity index is 1.63. The molecule has 2 aliphatic rings. The van der Waals surface area contributed by atoms with Crippen molar-refractivity contribution in [2.45, 2.75) is 19.6 Å². The normalized spacial score (nSPS) is 20.0. The number of hydrogen-bond donors (Lipinski definition) is 3. The van der Waals surface area contributed by atoms with Crippen LogP contribution in [0.15, 0.2) is 18.2 Å². The first kappa shape index (κ1) is 14.0. The molecule has 0 atom stereocenters. The van der Waals surface area contributed by atoms with Crippen LogP contribution >= 0.6 is 0 Å². The number of rotatable bonds is 4. The molecule has 2 aliphatic heterocycles. The first-order valence-corrected chi connectivity index (χ1v) is 8.36. The third-order valence-corrected chi connectivity index (χ3v) is 5.33. The van der Waals surface area contributed by atoms with E-state index in [0.717, 1.165) is 18.7 Å². The molecule has 1 saturated heterocycles. The van der Waals surface area contributed by atoms with Crippen molar-refractivity contribution in [1.82, 2.24) is 19.7 Å². The van der Waals surface area contributed by atoms with Gasteiger partial charge in [-0.2, -0.15) is 17.4 Å². The SMILES string of the molecule is O=S(=O)(NCc1ccc2c(c1)CNC2)N1CCNCC1. The van der Waals surface area contributed by atoms with Crippen molar-refractivity contribution in [2.24, 2.45) is 0 Å². The van der Waals surface area contributed by atoms with Crippen LogP contribution < -0.4 is 15.4 Å². The highest BCUT2D eigenvalue weighted by molar-refractivity contribution is 7.87. The first-order chi connectivity index (χ1) is 9.65. The van der Waals surface area contributed by atoms with Crippen molar-refractivity contribution in [2.75, 3.05) is 26.2 Å². The van der Waals surface area contributed by atoms with Crippen molar-refractivity contribution in [3.05, 3.63) is 34.9 Å². The quantitative estimate of drug-likeness (QED) is 0.702. The minimum Gasteiger partial charge on any atom is -0.314 e. The fraction of sp³-hybridized carbons (Fsp3) is 0.538. The summed E-state index contributed by atoms with van der Waals surface area (Å²) in [5.41, 5.74) is 3.58. The Bertz CT molecular complexity index is 582. The fourth-order valence-corrected chi connectivity index (χ4v) is 3.80. The lowest BCUT2D eigenvalue weighted by Crippen LogP contribution is -2.50. The van der Waals surface area contributed by atoms with Gasteiger partial charge in [0, 0.05) is 45.8 Å². The number of nitrogens with one attached hydrogen (secondary N) is 3. The summed E-state index contributed by atoms with van der Waals surface area (Å²) < 4.78 is 28.5. The highest BCUT2D eigenvalue weighted by Gasteiger charge is 2.23. The Morgan fingerprint density at radius 1 is 1.10 bits per heavy atom. The van der Waals surface area contributed by atoms with Crippen LogP contribution in [0.4, 0.5) is 0 Å². The van der Waals surface area contributed by atoms with Crippen molar-refractivity contribution in [3.8, 4) is 0 Å². The molecule has 2 heterocycles. The molecule has 0 aliphatic carbocycles. The van der Waals surface area contributed by atoms with Gasteiger partial charge in [-0.3, -0.25) is 0 Å². The van der Waals surface area contributed by atoms with E-state index in [0.29, 0.717) is 32.7 Å². The lowest BCUT2D eigenvalue weighted by molar-refractivity contribution is 0.354. The Kier molecular flexibility index (Phi) is 4.04. The molecule has 0 aromatic heterocycles. The fourth-order valence-electron chi connectivity index (χ4n) is 2.61. The second-order valence-electron chi connectivity index (χ2n) is 5.18. The van der Waals surface area contributed by atoms with E-state index in [-0.39, 0.29) is 0 Å². The van der Waals surface area contributed by atoms with E-state index in [1.807, 2.05) is 6.07 Å². The molecule has 20 heavy (non-hydrogen) atoms. The van der Waals surface area contributed by atoms with Crippen molar-refractivity contribution < 1.29 is 8.42 Å². The average Bonchev–Trinajstić information content (AvgIpc) is 2.94. The third kappa shape index (κ3) is 3.02. The van der Waals surface area contributed by atoms with Crippen LogP contribution in [-0.2, 0) is 29.8 Å². The molecular weight excluding hydrogens is 276 g/mol. The number of fused-ring (bicyclic) bond motifs is 1. The first-order valence-electron chi connectivity index (χ1n) is 6.92. The van der Waals surface area contributed by atoms with E-state index in [2.05, 4.69) is 27.5 Å². The van der Waals surface area contributed by atoms with Crippen LogP contribution in [-0.4, -0.2) is 38.9 Å². The van der Waals surface area contributed by atoms with Gasteiger partial charge >= 0.3 is 0 Å². The highest BCUT2D eigenvalue weighted by atomic mass is 32.2. The van der Waals surface area contributed by atoms with Gasteiger partial charge in [0.1, 0.15) is 0 Å². The summed E-state index contributed by atoms with van der Waals surface area (Å²) in [6.07, 6.45) is 0. The number of benzene rings is 1. The van der Waals surface area contributed by atoms with Crippen LogP contribution in [0.25, 0.3) is 0 Å². The van der Waals surface area contributed by atoms with Crippen LogP contribution in [0.1, 0.15) is 16.7 Å². The van der Waals surface area contributed by atoms with Gasteiger partial charge in [-0.05, 0) is 16.7 Å². The maximum Gasteiger partial charge on any atom is 0.279 e. The third-order valence-electron chi connectivity index (χ3n) is 3.78. The molecule has 3 N–H and O–H groups in total. The molecule has 0 bridgehead atoms. The zero-order valence-corrected chi connectivity index (χ0v) is 12.2. The predicted molar refractivity (Wildman–Crippen MR) is 77.2 cm³/mol. The predicted octanol–water partition coefficient (Wildman–Crippen LogP) is -0.471. The van der Waals surface area contributed by atoms with E-state index in [9.17, 15) is 8.42 Å². The molecule has 0 amide bonds. The Morgan fingerprint density at radius 3 is 2.65 bits per heavy atom. The molecule has 0 radical (unpaired) electrons. The molecule has 0 unspecified atom stereocenters. The molecule has 110 valence electrons. The maximum absolute atomic E-state index is 12.2. The summed E-state index contributed by atoms with van der Waals surface area (Å²) >= 11 is 0. The number of piperazine rings is 1. The summed E-state index contributed by atoms with van der Waals surface area (Å²) in [6, 6.07) is 6.14. The summed E-state index contributed by atoms with van der Waals surface area (Å²) in [6.45, 7) is 4.61. The van der Waals surface area contributed by atoms with Gasteiger partial charge in [-0.15, -0.1) is 0 Å². The molecule has 0 spiro atoms. The van der Waals surface area contributed by atoms with Crippen LogP contribution in [0.3, 0.4) is 0 Å². The molecule has 1 aromatic rings. The standard InChI is InChI=1S/C13H20N4O2S/c18-20(19,17-5-3-14-4-6-17)16-8-11-1-2-12-9-15-10-13(12)7-11/h1-2,7,14-16H,3-6,8-10H2. The van der Waals surface area contributed by atoms with Gasteiger partial charge in [0.25, 0.3) is 10.2 Å². The number of hydrogen-bond acceptors (Lipinski definition) is 4. The molecule has 3 rings (SSSR count).